The molecule has 2 heterocycles. The van der Waals surface area contributed by atoms with Crippen LogP contribution in [-0.4, -0.2) is 34.1 Å². The summed E-state index contributed by atoms with van der Waals surface area (Å²) in [6.07, 6.45) is 8.53. The van der Waals surface area contributed by atoms with E-state index in [4.69, 9.17) is 0 Å². The first-order chi connectivity index (χ1) is 11.7. The zero-order chi connectivity index (χ0) is 16.6. The summed E-state index contributed by atoms with van der Waals surface area (Å²) in [5.41, 5.74) is 1.49. The fraction of sp³-hybridized carbons (Fsp3) is 0.474. The van der Waals surface area contributed by atoms with Crippen molar-refractivity contribution in [3.05, 3.63) is 53.6 Å². The Labute approximate surface area is 141 Å². The number of nitrogens with zero attached hydrogens (tertiary/aromatic N) is 2. The van der Waals surface area contributed by atoms with E-state index in [0.717, 1.165) is 50.8 Å². The van der Waals surface area contributed by atoms with E-state index >= 15 is 0 Å². The highest BCUT2D eigenvalue weighted by atomic mass is 19.1. The smallest absolute Gasteiger partial charge is 0.233 e. The minimum atomic E-state index is -0.514. The van der Waals surface area contributed by atoms with E-state index < -0.39 is 5.41 Å². The van der Waals surface area contributed by atoms with E-state index in [2.05, 4.69) is 10.2 Å². The molecule has 0 spiro atoms. The average Bonchev–Trinajstić information content (AvgIpc) is 3.08. The van der Waals surface area contributed by atoms with Crippen LogP contribution in [0.25, 0.3) is 0 Å². The lowest BCUT2D eigenvalue weighted by Crippen LogP contribution is -2.53. The SMILES string of the molecule is O=C(N1CCC[C@H](c2cn[nH]c2)C1)C1(c2cccc(F)c2)CCC1. The van der Waals surface area contributed by atoms with Gasteiger partial charge in [-0.2, -0.15) is 5.10 Å². The van der Waals surface area contributed by atoms with Gasteiger partial charge in [0, 0.05) is 25.2 Å². The highest BCUT2D eigenvalue weighted by molar-refractivity contribution is 5.89. The normalized spacial score (nSPS) is 22.9. The molecule has 1 aliphatic heterocycles. The molecule has 0 radical (unpaired) electrons. The number of hydrogen-bond acceptors (Lipinski definition) is 2. The van der Waals surface area contributed by atoms with Gasteiger partial charge in [0.1, 0.15) is 5.82 Å². The van der Waals surface area contributed by atoms with Crippen LogP contribution in [0.1, 0.15) is 49.1 Å². The summed E-state index contributed by atoms with van der Waals surface area (Å²) in [4.78, 5) is 15.3. The number of carbonyl (C=O) groups is 1. The highest BCUT2D eigenvalue weighted by Gasteiger charge is 2.48. The number of piperidine rings is 1. The van der Waals surface area contributed by atoms with Crippen molar-refractivity contribution in [2.45, 2.75) is 43.4 Å². The van der Waals surface area contributed by atoms with Gasteiger partial charge in [0.05, 0.1) is 11.6 Å². The predicted octanol–water partition coefficient (Wildman–Crippen LogP) is 3.38. The summed E-state index contributed by atoms with van der Waals surface area (Å²) in [5.74, 6) is 0.250. The lowest BCUT2D eigenvalue weighted by Gasteiger charge is -2.46. The second-order valence-electron chi connectivity index (χ2n) is 7.07. The molecule has 1 saturated heterocycles. The predicted molar refractivity (Wildman–Crippen MR) is 89.1 cm³/mol. The van der Waals surface area contributed by atoms with Crippen molar-refractivity contribution in [3.63, 3.8) is 0 Å². The quantitative estimate of drug-likeness (QED) is 0.939. The molecule has 24 heavy (non-hydrogen) atoms. The number of carbonyl (C=O) groups excluding carboxylic acids is 1. The van der Waals surface area contributed by atoms with Gasteiger partial charge in [-0.05, 0) is 48.9 Å². The molecule has 1 aromatic carbocycles. The zero-order valence-corrected chi connectivity index (χ0v) is 13.7. The van der Waals surface area contributed by atoms with Crippen molar-refractivity contribution >= 4 is 5.91 Å². The molecule has 2 aliphatic rings. The first kappa shape index (κ1) is 15.4. The fourth-order valence-electron chi connectivity index (χ4n) is 4.16. The molecular formula is C19H22FN3O. The number of aromatic amines is 1. The molecule has 2 aromatic rings. The molecule has 1 saturated carbocycles. The van der Waals surface area contributed by atoms with Crippen LogP contribution in [0.3, 0.4) is 0 Å². The molecule has 1 N–H and O–H groups in total. The maximum atomic E-state index is 13.7. The van der Waals surface area contributed by atoms with Gasteiger partial charge in [-0.3, -0.25) is 9.89 Å². The molecule has 4 rings (SSSR count). The Hall–Kier alpha value is -2.17. The standard InChI is InChI=1S/C19H22FN3O/c20-17-6-1-5-16(10-17)19(7-3-8-19)18(24)23-9-2-4-14(13-23)15-11-21-22-12-15/h1,5-6,10-12,14H,2-4,7-9,13H2,(H,21,22)/t14-/m0/s1. The Balaban J connectivity index is 1.57. The van der Waals surface area contributed by atoms with Gasteiger partial charge in [-0.25, -0.2) is 4.39 Å². The third kappa shape index (κ3) is 2.52. The van der Waals surface area contributed by atoms with Crippen LogP contribution in [0.5, 0.6) is 0 Å². The Kier molecular flexibility index (Phi) is 3.87. The van der Waals surface area contributed by atoms with Crippen molar-refractivity contribution in [2.24, 2.45) is 0 Å². The summed E-state index contributed by atoms with van der Waals surface area (Å²) >= 11 is 0. The van der Waals surface area contributed by atoms with Crippen LogP contribution < -0.4 is 0 Å². The number of benzene rings is 1. The third-order valence-corrected chi connectivity index (χ3v) is 5.69. The largest absolute Gasteiger partial charge is 0.341 e. The van der Waals surface area contributed by atoms with Crippen molar-refractivity contribution in [2.75, 3.05) is 13.1 Å². The van der Waals surface area contributed by atoms with Gasteiger partial charge in [-0.15, -0.1) is 0 Å². The van der Waals surface area contributed by atoms with Crippen molar-refractivity contribution in [3.8, 4) is 0 Å². The maximum Gasteiger partial charge on any atom is 0.233 e. The van der Waals surface area contributed by atoms with Crippen LogP contribution in [0.2, 0.25) is 0 Å². The number of hydrogen-bond donors (Lipinski definition) is 1. The second-order valence-corrected chi connectivity index (χ2v) is 7.07. The minimum Gasteiger partial charge on any atom is -0.341 e. The molecule has 0 bridgehead atoms. The van der Waals surface area contributed by atoms with E-state index in [1.807, 2.05) is 23.4 Å². The van der Waals surface area contributed by atoms with Gasteiger partial charge >= 0.3 is 0 Å². The van der Waals surface area contributed by atoms with Gasteiger partial charge in [-0.1, -0.05) is 18.6 Å². The summed E-state index contributed by atoms with van der Waals surface area (Å²) in [7, 11) is 0. The number of rotatable bonds is 3. The Morgan fingerprint density at radius 2 is 2.21 bits per heavy atom. The Bertz CT molecular complexity index is 724. The second kappa shape index (κ2) is 6.04. The number of likely N-dealkylation sites (tertiary alicyclic amines) is 1. The van der Waals surface area contributed by atoms with E-state index in [1.54, 1.807) is 6.07 Å². The molecule has 1 aliphatic carbocycles. The molecule has 126 valence electrons. The van der Waals surface area contributed by atoms with Gasteiger partial charge in [0.25, 0.3) is 0 Å². The molecular weight excluding hydrogens is 305 g/mol. The molecule has 1 amide bonds. The van der Waals surface area contributed by atoms with Crippen LogP contribution >= 0.6 is 0 Å². The molecule has 2 fully saturated rings. The summed E-state index contributed by atoms with van der Waals surface area (Å²) < 4.78 is 13.7. The third-order valence-electron chi connectivity index (χ3n) is 5.69. The molecule has 5 heteroatoms. The van der Waals surface area contributed by atoms with Gasteiger partial charge in [0.15, 0.2) is 0 Å². The number of halogens is 1. The number of aromatic nitrogens is 2. The first-order valence-corrected chi connectivity index (χ1v) is 8.73. The Morgan fingerprint density at radius 3 is 2.88 bits per heavy atom. The summed E-state index contributed by atoms with van der Waals surface area (Å²) in [6.45, 7) is 1.53. The summed E-state index contributed by atoms with van der Waals surface area (Å²) in [5, 5.41) is 6.89. The van der Waals surface area contributed by atoms with Gasteiger partial charge in [0.2, 0.25) is 5.91 Å². The van der Waals surface area contributed by atoms with Crippen LogP contribution in [0.4, 0.5) is 4.39 Å². The first-order valence-electron chi connectivity index (χ1n) is 8.73. The zero-order valence-electron chi connectivity index (χ0n) is 13.7. The van der Waals surface area contributed by atoms with Crippen LogP contribution in [0.15, 0.2) is 36.7 Å². The molecule has 1 aromatic heterocycles. The van der Waals surface area contributed by atoms with E-state index in [0.29, 0.717) is 5.92 Å². The fourth-order valence-corrected chi connectivity index (χ4v) is 4.16. The van der Waals surface area contributed by atoms with E-state index in [-0.39, 0.29) is 11.7 Å². The topological polar surface area (TPSA) is 49.0 Å². The summed E-state index contributed by atoms with van der Waals surface area (Å²) in [6, 6.07) is 6.59. The molecule has 4 nitrogen and oxygen atoms in total. The van der Waals surface area contributed by atoms with Gasteiger partial charge < -0.3 is 4.90 Å². The minimum absolute atomic E-state index is 0.174. The monoisotopic (exact) mass is 327 g/mol. The van der Waals surface area contributed by atoms with E-state index in [1.165, 1.54) is 17.7 Å². The molecule has 0 unspecified atom stereocenters. The highest BCUT2D eigenvalue weighted by Crippen LogP contribution is 2.46. The van der Waals surface area contributed by atoms with Crippen LogP contribution in [-0.2, 0) is 10.2 Å². The molecule has 1 atom stereocenters. The van der Waals surface area contributed by atoms with Crippen molar-refractivity contribution < 1.29 is 9.18 Å². The lowest BCUT2D eigenvalue weighted by atomic mass is 9.63. The van der Waals surface area contributed by atoms with E-state index in [9.17, 15) is 9.18 Å². The lowest BCUT2D eigenvalue weighted by molar-refractivity contribution is -0.142. The average molecular weight is 327 g/mol. The Morgan fingerprint density at radius 1 is 1.33 bits per heavy atom. The van der Waals surface area contributed by atoms with Crippen molar-refractivity contribution in [1.82, 2.24) is 15.1 Å². The maximum absolute atomic E-state index is 13.7. The number of H-pyrrole nitrogens is 1. The van der Waals surface area contributed by atoms with Crippen LogP contribution in [0, 0.1) is 5.82 Å². The van der Waals surface area contributed by atoms with Crippen molar-refractivity contribution in [1.29, 1.82) is 0 Å². The number of nitrogens with one attached hydrogen (secondary N) is 1. The number of amides is 1.